The monoisotopic (exact) mass is 412 g/mol. The molecular weight excluding hydrogens is 388 g/mol. The van der Waals surface area contributed by atoms with E-state index in [0.717, 1.165) is 16.8 Å². The minimum absolute atomic E-state index is 0.0441. The van der Waals surface area contributed by atoms with Gasteiger partial charge in [-0.15, -0.1) is 0 Å². The lowest BCUT2D eigenvalue weighted by Crippen LogP contribution is -2.44. The Kier molecular flexibility index (Phi) is 6.39. The summed E-state index contributed by atoms with van der Waals surface area (Å²) in [7, 11) is 3.14. The third kappa shape index (κ3) is 4.51. The summed E-state index contributed by atoms with van der Waals surface area (Å²) in [6.07, 6.45) is 0. The van der Waals surface area contributed by atoms with Gasteiger partial charge in [0, 0.05) is 11.3 Å². The van der Waals surface area contributed by atoms with Gasteiger partial charge in [0.05, 0.1) is 20.3 Å². The molecule has 1 heterocycles. The van der Waals surface area contributed by atoms with Gasteiger partial charge in [-0.3, -0.25) is 4.79 Å². The number of hydrogen-bond donors (Lipinski definition) is 2. The number of allylic oxidation sites excluding steroid dienone is 1. The van der Waals surface area contributed by atoms with Crippen molar-refractivity contribution in [3.8, 4) is 17.2 Å². The Balaban J connectivity index is 2.00. The summed E-state index contributed by atoms with van der Waals surface area (Å²) in [5.74, 6) is 1.49. The van der Waals surface area contributed by atoms with Gasteiger partial charge >= 0.3 is 0 Å². The summed E-state index contributed by atoms with van der Waals surface area (Å²) in [4.78, 5) is 12.3. The van der Waals surface area contributed by atoms with E-state index in [2.05, 4.69) is 10.6 Å². The maximum absolute atomic E-state index is 12.3. The van der Waals surface area contributed by atoms with Gasteiger partial charge < -0.3 is 24.8 Å². The van der Waals surface area contributed by atoms with Crippen LogP contribution in [0, 0.1) is 0 Å². The van der Waals surface area contributed by atoms with Crippen molar-refractivity contribution < 1.29 is 19.0 Å². The van der Waals surface area contributed by atoms with E-state index in [1.807, 2.05) is 49.4 Å². The highest BCUT2D eigenvalue weighted by Crippen LogP contribution is 2.42. The number of thiocarbonyl (C=S) groups is 1. The highest BCUT2D eigenvalue weighted by Gasteiger charge is 2.29. The summed E-state index contributed by atoms with van der Waals surface area (Å²) in [5.41, 5.74) is 3.16. The third-order valence-electron chi connectivity index (χ3n) is 4.69. The van der Waals surface area contributed by atoms with Crippen LogP contribution < -0.4 is 24.8 Å². The second-order valence-corrected chi connectivity index (χ2v) is 7.06. The Morgan fingerprint density at radius 3 is 2.28 bits per heavy atom. The number of ketones is 1. The molecule has 1 aliphatic rings. The van der Waals surface area contributed by atoms with Gasteiger partial charge in [-0.25, -0.2) is 0 Å². The van der Waals surface area contributed by atoms with Gasteiger partial charge in [0.1, 0.15) is 6.61 Å². The summed E-state index contributed by atoms with van der Waals surface area (Å²) < 4.78 is 17.2. The molecule has 0 saturated heterocycles. The van der Waals surface area contributed by atoms with Crippen molar-refractivity contribution in [2.45, 2.75) is 26.5 Å². The highest BCUT2D eigenvalue weighted by molar-refractivity contribution is 7.80. The molecule has 1 aliphatic heterocycles. The fraction of sp³-hybridized carbons (Fsp3) is 0.273. The van der Waals surface area contributed by atoms with Crippen molar-refractivity contribution in [2.24, 2.45) is 0 Å². The number of methoxy groups -OCH3 is 2. The van der Waals surface area contributed by atoms with Crippen LogP contribution in [0.25, 0.3) is 0 Å². The van der Waals surface area contributed by atoms with Crippen molar-refractivity contribution in [3.05, 3.63) is 64.9 Å². The molecule has 0 saturated carbocycles. The summed E-state index contributed by atoms with van der Waals surface area (Å²) in [6.45, 7) is 3.75. The number of ether oxygens (including phenoxy) is 3. The minimum Gasteiger partial charge on any atom is -0.493 e. The zero-order valence-electron chi connectivity index (χ0n) is 16.9. The van der Waals surface area contributed by atoms with Gasteiger partial charge in [0.15, 0.2) is 22.4 Å². The predicted molar refractivity (Wildman–Crippen MR) is 115 cm³/mol. The molecule has 1 unspecified atom stereocenters. The van der Waals surface area contributed by atoms with E-state index in [1.165, 1.54) is 6.92 Å². The zero-order valence-corrected chi connectivity index (χ0v) is 17.7. The molecular formula is C22H24N2O4S. The lowest BCUT2D eigenvalue weighted by Gasteiger charge is -2.30. The van der Waals surface area contributed by atoms with Crippen LogP contribution in [0.5, 0.6) is 17.2 Å². The van der Waals surface area contributed by atoms with E-state index in [9.17, 15) is 4.79 Å². The second-order valence-electron chi connectivity index (χ2n) is 6.66. The highest BCUT2D eigenvalue weighted by atomic mass is 32.1. The maximum Gasteiger partial charge on any atom is 0.203 e. The van der Waals surface area contributed by atoms with E-state index >= 15 is 0 Å². The Labute approximate surface area is 175 Å². The average Bonchev–Trinajstić information content (AvgIpc) is 2.71. The average molecular weight is 413 g/mol. The quantitative estimate of drug-likeness (QED) is 0.673. The van der Waals surface area contributed by atoms with Gasteiger partial charge in [0.25, 0.3) is 0 Å². The smallest absolute Gasteiger partial charge is 0.203 e. The zero-order chi connectivity index (χ0) is 21.0. The van der Waals surface area contributed by atoms with Gasteiger partial charge in [0.2, 0.25) is 5.75 Å². The molecule has 0 aromatic heterocycles. The van der Waals surface area contributed by atoms with Crippen LogP contribution in [0.1, 0.15) is 31.0 Å². The molecule has 3 rings (SSSR count). The molecule has 7 heteroatoms. The molecule has 0 aliphatic carbocycles. The molecule has 152 valence electrons. The number of benzene rings is 2. The molecule has 0 amide bonds. The molecule has 0 bridgehead atoms. The topological polar surface area (TPSA) is 68.8 Å². The standard InChI is InChI=1S/C22H24N2O4S/c1-13-19(14(2)25)20(24-22(29)23-13)16-10-17(26-3)21(18(11-16)27-4)28-12-15-8-6-5-7-9-15/h5-11,20H,12H2,1-4H3,(H2,23,24,29). The number of carbonyl (C=O) groups is 1. The predicted octanol–water partition coefficient (Wildman–Crippen LogP) is 3.66. The van der Waals surface area contributed by atoms with Gasteiger partial charge in [-0.05, 0) is 49.3 Å². The van der Waals surface area contributed by atoms with Crippen molar-refractivity contribution in [3.63, 3.8) is 0 Å². The largest absolute Gasteiger partial charge is 0.493 e. The van der Waals surface area contributed by atoms with Gasteiger partial charge in [-0.2, -0.15) is 0 Å². The van der Waals surface area contributed by atoms with E-state index in [1.54, 1.807) is 14.2 Å². The minimum atomic E-state index is -0.410. The van der Waals surface area contributed by atoms with E-state index in [0.29, 0.717) is 34.5 Å². The van der Waals surface area contributed by atoms with Crippen LogP contribution in [-0.2, 0) is 11.4 Å². The summed E-state index contributed by atoms with van der Waals surface area (Å²) >= 11 is 5.29. The van der Waals surface area contributed by atoms with Crippen LogP contribution in [0.3, 0.4) is 0 Å². The number of Topliss-reactive ketones (excluding diaryl/α,β-unsaturated/α-hetero) is 1. The lowest BCUT2D eigenvalue weighted by molar-refractivity contribution is -0.114. The molecule has 1 atom stereocenters. The summed E-state index contributed by atoms with van der Waals surface area (Å²) in [6, 6.07) is 13.1. The first-order chi connectivity index (χ1) is 13.9. The molecule has 2 aromatic carbocycles. The number of nitrogens with one attached hydrogen (secondary N) is 2. The van der Waals surface area contributed by atoms with Crippen molar-refractivity contribution in [1.82, 2.24) is 10.6 Å². The van der Waals surface area contributed by atoms with Crippen LogP contribution in [-0.4, -0.2) is 25.1 Å². The number of rotatable bonds is 7. The molecule has 29 heavy (non-hydrogen) atoms. The molecule has 2 N–H and O–H groups in total. The van der Waals surface area contributed by atoms with E-state index in [4.69, 9.17) is 26.4 Å². The second kappa shape index (κ2) is 8.96. The molecule has 0 spiro atoms. The fourth-order valence-corrected chi connectivity index (χ4v) is 3.62. The Bertz CT molecular complexity index is 932. The van der Waals surface area contributed by atoms with E-state index in [-0.39, 0.29) is 5.78 Å². The van der Waals surface area contributed by atoms with Crippen molar-refractivity contribution in [1.29, 1.82) is 0 Å². The molecule has 2 aromatic rings. The summed E-state index contributed by atoms with van der Waals surface area (Å²) in [5, 5.41) is 6.63. The first-order valence-electron chi connectivity index (χ1n) is 9.16. The van der Waals surface area contributed by atoms with Gasteiger partial charge in [-0.1, -0.05) is 30.3 Å². The number of hydrogen-bond acceptors (Lipinski definition) is 5. The van der Waals surface area contributed by atoms with Crippen LogP contribution in [0.2, 0.25) is 0 Å². The first kappa shape index (κ1) is 20.7. The molecule has 6 nitrogen and oxygen atoms in total. The number of carbonyl (C=O) groups excluding carboxylic acids is 1. The van der Waals surface area contributed by atoms with Crippen molar-refractivity contribution in [2.75, 3.05) is 14.2 Å². The van der Waals surface area contributed by atoms with Crippen LogP contribution in [0.15, 0.2) is 53.7 Å². The first-order valence-corrected chi connectivity index (χ1v) is 9.57. The Hall–Kier alpha value is -3.06. The maximum atomic E-state index is 12.3. The van der Waals surface area contributed by atoms with Crippen LogP contribution in [0.4, 0.5) is 0 Å². The molecule has 0 fully saturated rings. The Morgan fingerprint density at radius 1 is 1.10 bits per heavy atom. The normalized spacial score (nSPS) is 16.0. The molecule has 0 radical (unpaired) electrons. The fourth-order valence-electron chi connectivity index (χ4n) is 3.35. The van der Waals surface area contributed by atoms with Crippen molar-refractivity contribution >= 4 is 23.1 Å². The third-order valence-corrected chi connectivity index (χ3v) is 4.91. The van der Waals surface area contributed by atoms with E-state index < -0.39 is 6.04 Å². The Morgan fingerprint density at radius 2 is 1.72 bits per heavy atom. The lowest BCUT2D eigenvalue weighted by atomic mass is 9.92. The SMILES string of the molecule is COc1cc(C2NC(=S)NC(C)=C2C(C)=O)cc(OC)c1OCc1ccccc1. The van der Waals surface area contributed by atoms with Crippen LogP contribution >= 0.6 is 12.2 Å².